The van der Waals surface area contributed by atoms with Crippen molar-refractivity contribution in [2.24, 2.45) is 0 Å². The largest absolute Gasteiger partial charge is 0.455 e. The molecule has 0 unspecified atom stereocenters. The molecule has 0 aliphatic heterocycles. The highest BCUT2D eigenvalue weighted by Gasteiger charge is 2.23. The van der Waals surface area contributed by atoms with E-state index in [4.69, 9.17) is 55.7 Å². The quantitative estimate of drug-likeness (QED) is 0.262. The summed E-state index contributed by atoms with van der Waals surface area (Å²) in [4.78, 5) is 25.6. The van der Waals surface area contributed by atoms with Crippen LogP contribution in [0, 0.1) is 6.92 Å². The number of aryl methyl sites for hydroxylation is 1. The van der Waals surface area contributed by atoms with Crippen LogP contribution in [-0.4, -0.2) is 17.1 Å². The van der Waals surface area contributed by atoms with E-state index in [9.17, 15) is 9.59 Å². The Labute approximate surface area is 219 Å². The molecule has 1 heterocycles. The molecule has 2 N–H and O–H groups in total. The van der Waals surface area contributed by atoms with Gasteiger partial charge in [-0.1, -0.05) is 69.8 Å². The maximum absolute atomic E-state index is 12.9. The lowest BCUT2D eigenvalue weighted by Crippen LogP contribution is -2.34. The molecule has 0 aliphatic carbocycles. The second kappa shape index (κ2) is 10.6. The Morgan fingerprint density at radius 1 is 0.886 bits per heavy atom. The summed E-state index contributed by atoms with van der Waals surface area (Å²) in [5, 5.41) is 10.1. The average molecular weight is 551 g/mol. The molecular formula is C24H15Cl4N3O4. The van der Waals surface area contributed by atoms with Gasteiger partial charge in [-0.05, 0) is 49.4 Å². The summed E-state index contributed by atoms with van der Waals surface area (Å²) < 4.78 is 11.0. The summed E-state index contributed by atoms with van der Waals surface area (Å²) in [6, 6.07) is 15.2. The van der Waals surface area contributed by atoms with Gasteiger partial charge in [0.2, 0.25) is 0 Å². The van der Waals surface area contributed by atoms with Crippen molar-refractivity contribution in [1.82, 2.24) is 10.5 Å². The summed E-state index contributed by atoms with van der Waals surface area (Å²) in [6.07, 6.45) is 0. The Bertz CT molecular complexity index is 1420. The first kappa shape index (κ1) is 24.9. The van der Waals surface area contributed by atoms with Crippen LogP contribution < -0.4 is 15.4 Å². The maximum Gasteiger partial charge on any atom is 0.326 e. The number of nitrogens with one attached hydrogen (secondary N) is 2. The number of benzene rings is 3. The molecule has 0 atom stereocenters. The predicted octanol–water partition coefficient (Wildman–Crippen LogP) is 8.02. The number of carbonyl (C=O) groups excluding carboxylic acids is 2. The molecule has 11 heteroatoms. The third kappa shape index (κ3) is 5.55. The van der Waals surface area contributed by atoms with Crippen LogP contribution in [0.1, 0.15) is 16.1 Å². The van der Waals surface area contributed by atoms with Crippen LogP contribution >= 0.6 is 46.4 Å². The van der Waals surface area contributed by atoms with Crippen LogP contribution in [0.15, 0.2) is 65.2 Å². The van der Waals surface area contributed by atoms with E-state index in [-0.39, 0.29) is 27.7 Å². The van der Waals surface area contributed by atoms with Crippen molar-refractivity contribution in [3.8, 4) is 22.8 Å². The average Bonchev–Trinajstić information content (AvgIpc) is 3.15. The summed E-state index contributed by atoms with van der Waals surface area (Å²) in [5.74, 6) is 0.0585. The molecule has 0 fully saturated rings. The molecule has 1 aromatic heterocycles. The third-order valence-corrected chi connectivity index (χ3v) is 5.93. The van der Waals surface area contributed by atoms with E-state index in [2.05, 4.69) is 15.8 Å². The van der Waals surface area contributed by atoms with Crippen molar-refractivity contribution in [2.75, 3.05) is 5.32 Å². The van der Waals surface area contributed by atoms with Crippen LogP contribution in [0.25, 0.3) is 11.3 Å². The van der Waals surface area contributed by atoms with Gasteiger partial charge in [0.1, 0.15) is 22.9 Å². The fraction of sp³-hybridized carbons (Fsp3) is 0.0417. The Balaban J connectivity index is 1.54. The van der Waals surface area contributed by atoms with Crippen LogP contribution in [0.3, 0.4) is 0 Å². The highest BCUT2D eigenvalue weighted by molar-refractivity contribution is 6.39. The van der Waals surface area contributed by atoms with Gasteiger partial charge in [-0.15, -0.1) is 0 Å². The first-order valence-electron chi connectivity index (χ1n) is 9.99. The van der Waals surface area contributed by atoms with Crippen LogP contribution in [0.2, 0.25) is 20.1 Å². The maximum atomic E-state index is 12.9. The molecule has 0 radical (unpaired) electrons. The fourth-order valence-electron chi connectivity index (χ4n) is 3.15. The standard InChI is InChI=1S/C24H15Cl4N3O4/c1-12-21(22(31-35-12)20-15(26)6-4-7-16(20)27)29-24(33)30-23(32)14-5-2-3-8-18(14)34-19-10-9-13(25)11-17(19)28/h2-11H,1H3,(H2,29,30,32,33). The zero-order chi connectivity index (χ0) is 25.1. The van der Waals surface area contributed by atoms with Gasteiger partial charge in [0.15, 0.2) is 5.76 Å². The van der Waals surface area contributed by atoms with E-state index in [1.165, 1.54) is 12.1 Å². The minimum atomic E-state index is -0.829. The van der Waals surface area contributed by atoms with Crippen LogP contribution in [0.4, 0.5) is 10.5 Å². The SMILES string of the molecule is Cc1onc(-c2c(Cl)cccc2Cl)c1NC(=O)NC(=O)c1ccccc1Oc1ccc(Cl)cc1Cl. The zero-order valence-electron chi connectivity index (χ0n) is 17.9. The molecule has 3 amide bonds. The lowest BCUT2D eigenvalue weighted by molar-refractivity contribution is 0.0965. The molecule has 0 aliphatic rings. The molecule has 0 spiro atoms. The van der Waals surface area contributed by atoms with Gasteiger partial charge in [-0.2, -0.15) is 0 Å². The zero-order valence-corrected chi connectivity index (χ0v) is 20.9. The molecule has 0 bridgehead atoms. The molecule has 35 heavy (non-hydrogen) atoms. The lowest BCUT2D eigenvalue weighted by Gasteiger charge is -2.13. The first-order valence-corrected chi connectivity index (χ1v) is 11.5. The molecule has 3 aromatic carbocycles. The fourth-order valence-corrected chi connectivity index (χ4v) is 4.17. The third-order valence-electron chi connectivity index (χ3n) is 4.77. The van der Waals surface area contributed by atoms with E-state index in [1.807, 2.05) is 0 Å². The smallest absolute Gasteiger partial charge is 0.326 e. The first-order chi connectivity index (χ1) is 16.7. The number of para-hydroxylation sites is 1. The monoisotopic (exact) mass is 549 g/mol. The molecule has 0 saturated heterocycles. The Morgan fingerprint density at radius 3 is 2.31 bits per heavy atom. The number of nitrogens with zero attached hydrogens (tertiary/aromatic N) is 1. The number of hydrogen-bond donors (Lipinski definition) is 2. The second-order valence-electron chi connectivity index (χ2n) is 7.14. The second-order valence-corrected chi connectivity index (χ2v) is 8.80. The molecule has 0 saturated carbocycles. The molecular weight excluding hydrogens is 536 g/mol. The van der Waals surface area contributed by atoms with Crippen molar-refractivity contribution < 1.29 is 18.8 Å². The van der Waals surface area contributed by atoms with Gasteiger partial charge in [0, 0.05) is 10.6 Å². The molecule has 4 aromatic rings. The van der Waals surface area contributed by atoms with Gasteiger partial charge < -0.3 is 14.6 Å². The van der Waals surface area contributed by atoms with Crippen molar-refractivity contribution >= 4 is 64.0 Å². The van der Waals surface area contributed by atoms with Gasteiger partial charge in [-0.3, -0.25) is 10.1 Å². The number of carbonyl (C=O) groups is 2. The minimum Gasteiger partial charge on any atom is -0.455 e. The van der Waals surface area contributed by atoms with Crippen molar-refractivity contribution in [3.05, 3.63) is 92.1 Å². The van der Waals surface area contributed by atoms with E-state index >= 15 is 0 Å². The van der Waals surface area contributed by atoms with Gasteiger partial charge in [0.05, 0.1) is 20.6 Å². The number of urea groups is 1. The summed E-state index contributed by atoms with van der Waals surface area (Å²) >= 11 is 24.6. The lowest BCUT2D eigenvalue weighted by atomic mass is 10.1. The highest BCUT2D eigenvalue weighted by Crippen LogP contribution is 2.39. The molecule has 7 nitrogen and oxygen atoms in total. The van der Waals surface area contributed by atoms with Crippen LogP contribution in [-0.2, 0) is 0 Å². The summed E-state index contributed by atoms with van der Waals surface area (Å²) in [6.45, 7) is 1.59. The van der Waals surface area contributed by atoms with Gasteiger partial charge in [-0.25, -0.2) is 4.79 Å². The van der Waals surface area contributed by atoms with Crippen LogP contribution in [0.5, 0.6) is 11.5 Å². The Kier molecular flexibility index (Phi) is 7.52. The molecule has 4 rings (SSSR count). The van der Waals surface area contributed by atoms with Gasteiger partial charge in [0.25, 0.3) is 5.91 Å². The van der Waals surface area contributed by atoms with E-state index in [0.717, 1.165) is 0 Å². The number of halogens is 4. The Morgan fingerprint density at radius 2 is 1.60 bits per heavy atom. The number of imide groups is 1. The van der Waals surface area contributed by atoms with Crippen molar-refractivity contribution in [2.45, 2.75) is 6.92 Å². The van der Waals surface area contributed by atoms with Crippen molar-refractivity contribution in [1.29, 1.82) is 0 Å². The van der Waals surface area contributed by atoms with E-state index in [0.29, 0.717) is 32.1 Å². The minimum absolute atomic E-state index is 0.102. The van der Waals surface area contributed by atoms with E-state index < -0.39 is 11.9 Å². The predicted molar refractivity (Wildman–Crippen MR) is 136 cm³/mol. The number of rotatable bonds is 5. The number of hydrogen-bond acceptors (Lipinski definition) is 5. The highest BCUT2D eigenvalue weighted by atomic mass is 35.5. The number of ether oxygens (including phenoxy) is 1. The topological polar surface area (TPSA) is 93.5 Å². The molecule has 178 valence electrons. The van der Waals surface area contributed by atoms with Gasteiger partial charge >= 0.3 is 6.03 Å². The van der Waals surface area contributed by atoms with E-state index in [1.54, 1.807) is 55.5 Å². The summed E-state index contributed by atoms with van der Waals surface area (Å²) in [7, 11) is 0. The summed E-state index contributed by atoms with van der Waals surface area (Å²) in [5.41, 5.74) is 0.919. The number of aromatic nitrogens is 1. The Hall–Kier alpha value is -3.23. The number of amides is 3. The normalized spacial score (nSPS) is 10.7. The van der Waals surface area contributed by atoms with Crippen molar-refractivity contribution in [3.63, 3.8) is 0 Å². The number of anilines is 1.